The van der Waals surface area contributed by atoms with Gasteiger partial charge in [0.05, 0.1) is 19.8 Å². The van der Waals surface area contributed by atoms with Crippen molar-refractivity contribution in [2.45, 2.75) is 103 Å². The number of hydrogen-bond donors (Lipinski definition) is 3. The van der Waals surface area contributed by atoms with E-state index in [2.05, 4.69) is 52.4 Å². The molecule has 0 aromatic rings. The third-order valence-electron chi connectivity index (χ3n) is 5.29. The van der Waals surface area contributed by atoms with Crippen molar-refractivity contribution in [3.05, 3.63) is 36.5 Å². The molecular weight excluding hydrogens is 465 g/mol. The average molecular weight is 518 g/mol. The van der Waals surface area contributed by atoms with Crippen LogP contribution < -0.4 is 5.73 Å². The first kappa shape index (κ1) is 34.2. The zero-order valence-electron chi connectivity index (χ0n) is 22.0. The molecule has 0 heterocycles. The van der Waals surface area contributed by atoms with Gasteiger partial charge >= 0.3 is 7.82 Å². The number of aliphatic hydroxyl groups is 1. The van der Waals surface area contributed by atoms with Crippen LogP contribution in [0.4, 0.5) is 0 Å². The molecule has 0 rings (SSSR count). The molecule has 7 nitrogen and oxygen atoms in total. The fourth-order valence-electron chi connectivity index (χ4n) is 3.29. The maximum atomic E-state index is 11.4. The largest absolute Gasteiger partial charge is 0.472 e. The third kappa shape index (κ3) is 27.6. The lowest BCUT2D eigenvalue weighted by Crippen LogP contribution is -2.22. The Hall–Kier alpha value is -0.790. The number of allylic oxidation sites excluding steroid dienone is 6. The van der Waals surface area contributed by atoms with Crippen molar-refractivity contribution in [2.75, 3.05) is 33.0 Å². The van der Waals surface area contributed by atoms with Crippen molar-refractivity contribution in [3.8, 4) is 0 Å². The molecule has 0 aromatic carbocycles. The minimum atomic E-state index is -4.15. The van der Waals surface area contributed by atoms with Gasteiger partial charge in [0.1, 0.15) is 6.10 Å². The van der Waals surface area contributed by atoms with E-state index in [1.54, 1.807) is 0 Å². The molecule has 35 heavy (non-hydrogen) atoms. The summed E-state index contributed by atoms with van der Waals surface area (Å²) in [6, 6.07) is 0. The van der Waals surface area contributed by atoms with E-state index in [-0.39, 0.29) is 26.4 Å². The SMILES string of the molecule is CCCCC/C=C\C/C=C\C/C=C\CCCCCCCCCOCC(O)COP(=O)(O)OCCN. The van der Waals surface area contributed by atoms with Crippen molar-refractivity contribution in [2.24, 2.45) is 5.73 Å². The standard InChI is InChI=1S/C27H52NO6P/c1-2-3-4-5-6-7-8-9-10-11-12-13-14-15-16-17-18-19-20-21-23-32-25-27(29)26-34-35(30,31)33-24-22-28/h6-7,9-10,12-13,27,29H,2-5,8,11,14-26,28H2,1H3,(H,30,31)/b7-6-,10-9-,13-12-. The normalized spacial score (nSPS) is 15.0. The Bertz CT molecular complexity index is 582. The summed E-state index contributed by atoms with van der Waals surface area (Å²) in [7, 11) is -4.15. The van der Waals surface area contributed by atoms with Gasteiger partial charge in [-0.25, -0.2) is 4.57 Å². The van der Waals surface area contributed by atoms with Crippen LogP contribution in [0.5, 0.6) is 0 Å². The van der Waals surface area contributed by atoms with Crippen LogP contribution in [0.25, 0.3) is 0 Å². The van der Waals surface area contributed by atoms with Crippen LogP contribution in [0.3, 0.4) is 0 Å². The zero-order valence-corrected chi connectivity index (χ0v) is 22.9. The molecule has 0 radical (unpaired) electrons. The monoisotopic (exact) mass is 517 g/mol. The lowest BCUT2D eigenvalue weighted by atomic mass is 10.1. The number of phosphoric ester groups is 1. The first-order chi connectivity index (χ1) is 17.0. The first-order valence-corrected chi connectivity index (χ1v) is 15.0. The summed E-state index contributed by atoms with van der Waals surface area (Å²) in [5.41, 5.74) is 5.20. The number of rotatable bonds is 26. The molecule has 0 spiro atoms. The van der Waals surface area contributed by atoms with E-state index in [0.29, 0.717) is 6.61 Å². The van der Waals surface area contributed by atoms with Crippen LogP contribution in [0, 0.1) is 0 Å². The van der Waals surface area contributed by atoms with Crippen molar-refractivity contribution in [1.29, 1.82) is 0 Å². The zero-order chi connectivity index (χ0) is 25.9. The molecule has 4 N–H and O–H groups in total. The van der Waals surface area contributed by atoms with E-state index in [1.165, 1.54) is 57.8 Å². The van der Waals surface area contributed by atoms with Gasteiger partial charge in [-0.15, -0.1) is 0 Å². The van der Waals surface area contributed by atoms with Crippen molar-refractivity contribution < 1.29 is 28.3 Å². The predicted molar refractivity (Wildman–Crippen MR) is 145 cm³/mol. The van der Waals surface area contributed by atoms with Crippen LogP contribution in [-0.4, -0.2) is 49.1 Å². The summed E-state index contributed by atoms with van der Waals surface area (Å²) >= 11 is 0. The highest BCUT2D eigenvalue weighted by Gasteiger charge is 2.22. The molecule has 0 aliphatic rings. The molecule has 0 bridgehead atoms. The number of phosphoric acid groups is 1. The highest BCUT2D eigenvalue weighted by molar-refractivity contribution is 7.47. The molecule has 0 saturated heterocycles. The summed E-state index contributed by atoms with van der Waals surface area (Å²) in [5, 5.41) is 9.73. The van der Waals surface area contributed by atoms with Gasteiger partial charge in [0.15, 0.2) is 0 Å². The lowest BCUT2D eigenvalue weighted by molar-refractivity contribution is 0.00230. The lowest BCUT2D eigenvalue weighted by Gasteiger charge is -2.15. The van der Waals surface area contributed by atoms with Crippen LogP contribution >= 0.6 is 7.82 Å². The molecule has 0 amide bonds. The Labute approximate surface area is 214 Å². The molecule has 2 atom stereocenters. The van der Waals surface area contributed by atoms with E-state index in [0.717, 1.165) is 32.1 Å². The van der Waals surface area contributed by atoms with Gasteiger partial charge in [0.2, 0.25) is 0 Å². The smallest absolute Gasteiger partial charge is 0.388 e. The topological polar surface area (TPSA) is 111 Å². The molecule has 0 fully saturated rings. The van der Waals surface area contributed by atoms with Crippen LogP contribution in [0.15, 0.2) is 36.5 Å². The van der Waals surface area contributed by atoms with Gasteiger partial charge in [-0.05, 0) is 44.9 Å². The summed E-state index contributed by atoms with van der Waals surface area (Å²) in [6.45, 7) is 2.59. The van der Waals surface area contributed by atoms with E-state index in [9.17, 15) is 14.6 Å². The molecule has 0 aliphatic heterocycles. The van der Waals surface area contributed by atoms with Crippen LogP contribution in [-0.2, 0) is 18.3 Å². The van der Waals surface area contributed by atoms with Gasteiger partial charge in [0, 0.05) is 13.2 Å². The molecule has 8 heteroatoms. The fourth-order valence-corrected chi connectivity index (χ4v) is 4.06. The highest BCUT2D eigenvalue weighted by Crippen LogP contribution is 2.42. The van der Waals surface area contributed by atoms with Gasteiger partial charge < -0.3 is 20.5 Å². The molecule has 206 valence electrons. The maximum Gasteiger partial charge on any atom is 0.472 e. The number of hydrogen-bond acceptors (Lipinski definition) is 6. The van der Waals surface area contributed by atoms with E-state index >= 15 is 0 Å². The minimum absolute atomic E-state index is 0.0658. The summed E-state index contributed by atoms with van der Waals surface area (Å²) < 4.78 is 26.1. The van der Waals surface area contributed by atoms with E-state index in [1.807, 2.05) is 0 Å². The summed E-state index contributed by atoms with van der Waals surface area (Å²) in [4.78, 5) is 9.34. The quantitative estimate of drug-likeness (QED) is 0.0673. The predicted octanol–water partition coefficient (Wildman–Crippen LogP) is 6.61. The second-order valence-corrected chi connectivity index (χ2v) is 10.2. The third-order valence-corrected chi connectivity index (χ3v) is 6.27. The fraction of sp³-hybridized carbons (Fsp3) is 0.778. The molecule has 0 saturated carbocycles. The Morgan fingerprint density at radius 1 is 0.743 bits per heavy atom. The highest BCUT2D eigenvalue weighted by atomic mass is 31.2. The van der Waals surface area contributed by atoms with Crippen molar-refractivity contribution >= 4 is 7.82 Å². The van der Waals surface area contributed by atoms with Crippen molar-refractivity contribution in [1.82, 2.24) is 0 Å². The van der Waals surface area contributed by atoms with E-state index < -0.39 is 13.9 Å². The Kier molecular flexibility index (Phi) is 25.7. The minimum Gasteiger partial charge on any atom is -0.388 e. The Morgan fingerprint density at radius 2 is 1.29 bits per heavy atom. The molecule has 2 unspecified atom stereocenters. The first-order valence-electron chi connectivity index (χ1n) is 13.5. The summed E-state index contributed by atoms with van der Waals surface area (Å²) in [5.74, 6) is 0. The Morgan fingerprint density at radius 3 is 1.89 bits per heavy atom. The number of aliphatic hydroxyl groups excluding tert-OH is 1. The van der Waals surface area contributed by atoms with Crippen LogP contribution in [0.1, 0.15) is 96.8 Å². The number of unbranched alkanes of at least 4 members (excludes halogenated alkanes) is 10. The van der Waals surface area contributed by atoms with Crippen molar-refractivity contribution in [3.63, 3.8) is 0 Å². The maximum absolute atomic E-state index is 11.4. The average Bonchev–Trinajstić information content (AvgIpc) is 2.84. The van der Waals surface area contributed by atoms with Crippen LogP contribution in [0.2, 0.25) is 0 Å². The van der Waals surface area contributed by atoms with Gasteiger partial charge in [-0.2, -0.15) is 0 Å². The molecular formula is C27H52NO6P. The Balaban J connectivity index is 3.38. The second-order valence-electron chi connectivity index (χ2n) is 8.76. The van der Waals surface area contributed by atoms with Gasteiger partial charge in [-0.3, -0.25) is 9.05 Å². The second kappa shape index (κ2) is 26.3. The van der Waals surface area contributed by atoms with Gasteiger partial charge in [-0.1, -0.05) is 88.3 Å². The molecule has 0 aromatic heterocycles. The number of nitrogens with two attached hydrogens (primary N) is 1. The molecule has 0 aliphatic carbocycles. The number of ether oxygens (including phenoxy) is 1. The van der Waals surface area contributed by atoms with Gasteiger partial charge in [0.25, 0.3) is 0 Å². The van der Waals surface area contributed by atoms with E-state index in [4.69, 9.17) is 10.5 Å². The summed E-state index contributed by atoms with van der Waals surface area (Å²) in [6.07, 6.45) is 29.3.